The van der Waals surface area contributed by atoms with Crippen LogP contribution >= 0.6 is 11.3 Å². The summed E-state index contributed by atoms with van der Waals surface area (Å²) in [5, 5.41) is 7.36. The molecule has 2 aromatic heterocycles. The molecule has 0 atom stereocenters. The van der Waals surface area contributed by atoms with E-state index in [-0.39, 0.29) is 0 Å². The second-order valence-electron chi connectivity index (χ2n) is 15.6. The van der Waals surface area contributed by atoms with Crippen molar-refractivity contribution in [2.45, 2.75) is 0 Å². The van der Waals surface area contributed by atoms with Gasteiger partial charge in [-0.15, -0.1) is 11.3 Å². The molecule has 0 fully saturated rings. The molecule has 0 unspecified atom stereocenters. The Balaban J connectivity index is 0.993. The van der Waals surface area contributed by atoms with Crippen molar-refractivity contribution in [2.75, 3.05) is 4.90 Å². The van der Waals surface area contributed by atoms with Crippen LogP contribution in [0.25, 0.3) is 97.4 Å². The van der Waals surface area contributed by atoms with Gasteiger partial charge >= 0.3 is 0 Å². The Morgan fingerprint density at radius 1 is 0.328 bits per heavy atom. The largest absolute Gasteiger partial charge is 0.455 e. The van der Waals surface area contributed by atoms with Gasteiger partial charge < -0.3 is 9.32 Å². The smallest absolute Gasteiger partial charge is 0.143 e. The number of nitrogens with zero attached hydrogens (tertiary/aromatic N) is 1. The second-order valence-corrected chi connectivity index (χ2v) is 16.7. The van der Waals surface area contributed by atoms with Crippen molar-refractivity contribution in [1.29, 1.82) is 0 Å². The van der Waals surface area contributed by atoms with Crippen molar-refractivity contribution in [2.24, 2.45) is 0 Å². The van der Waals surface area contributed by atoms with Gasteiger partial charge in [0.1, 0.15) is 11.2 Å². The number of hydrogen-bond donors (Lipinski definition) is 0. The van der Waals surface area contributed by atoms with Gasteiger partial charge in [0.25, 0.3) is 0 Å². The molecule has 0 aliphatic carbocycles. The van der Waals surface area contributed by atoms with Crippen molar-refractivity contribution in [3.8, 4) is 44.5 Å². The second kappa shape index (κ2) is 14.5. The Hall–Kier alpha value is -7.72. The molecule has 0 saturated carbocycles. The van der Waals surface area contributed by atoms with E-state index in [1.807, 2.05) is 17.4 Å². The molecule has 10 aromatic carbocycles. The van der Waals surface area contributed by atoms with Crippen molar-refractivity contribution in [3.63, 3.8) is 0 Å². The minimum Gasteiger partial charge on any atom is -0.455 e. The number of thiophene rings is 1. The standard InChI is InChI=1S/C58H37NOS/c1-2-15-44-39(13-1)14-11-21-47(44)46-17-4-3-16-45(46)40-29-34-43(35-30-40)59(42-32-27-38(28-33-42)41-31-36-51-50-20-7-10-26-56(50)61-57(51)37-41)54-24-8-5-18-48(54)52-22-12-23-53-49-19-6-9-25-55(49)60-58(52)53/h1-37H. The van der Waals surface area contributed by atoms with Crippen molar-refractivity contribution in [3.05, 3.63) is 224 Å². The van der Waals surface area contributed by atoms with E-state index >= 15 is 0 Å². The molecule has 0 aliphatic heterocycles. The van der Waals surface area contributed by atoms with Gasteiger partial charge in [0.05, 0.1) is 5.69 Å². The van der Waals surface area contributed by atoms with Crippen LogP contribution < -0.4 is 4.90 Å². The molecule has 12 rings (SSSR count). The van der Waals surface area contributed by atoms with Gasteiger partial charge in [-0.05, 0) is 92.7 Å². The highest BCUT2D eigenvalue weighted by molar-refractivity contribution is 7.25. The van der Waals surface area contributed by atoms with Gasteiger partial charge in [0, 0.05) is 53.4 Å². The molecular weight excluding hydrogens is 759 g/mol. The molecule has 0 aliphatic rings. The third-order valence-corrected chi connectivity index (χ3v) is 13.3. The highest BCUT2D eigenvalue weighted by Crippen LogP contribution is 2.46. The van der Waals surface area contributed by atoms with Crippen LogP contribution in [0.15, 0.2) is 229 Å². The molecule has 0 amide bonds. The molecule has 3 heteroatoms. The molecule has 0 saturated heterocycles. The SMILES string of the molecule is c1ccc(-c2cccc3ccccc23)c(-c2ccc(N(c3ccc(-c4ccc5c(c4)sc4ccccc45)cc3)c3ccccc3-c3cccc4c3oc3ccccc34)cc2)c1. The van der Waals surface area contributed by atoms with Crippen LogP contribution in [0.1, 0.15) is 0 Å². The molecular formula is C58H37NOS. The summed E-state index contributed by atoms with van der Waals surface area (Å²) in [6.07, 6.45) is 0. The molecule has 0 N–H and O–H groups in total. The third-order valence-electron chi connectivity index (χ3n) is 12.1. The summed E-state index contributed by atoms with van der Waals surface area (Å²) in [4.78, 5) is 2.39. The van der Waals surface area contributed by atoms with Crippen LogP contribution in [0, 0.1) is 0 Å². The van der Waals surface area contributed by atoms with E-state index in [1.165, 1.54) is 64.3 Å². The fourth-order valence-corrected chi connectivity index (χ4v) is 10.4. The van der Waals surface area contributed by atoms with Crippen LogP contribution in [-0.2, 0) is 0 Å². The van der Waals surface area contributed by atoms with Crippen molar-refractivity contribution >= 4 is 81.3 Å². The van der Waals surface area contributed by atoms with Gasteiger partial charge in [-0.3, -0.25) is 0 Å². The summed E-state index contributed by atoms with van der Waals surface area (Å²) in [6, 6.07) is 81.1. The van der Waals surface area contributed by atoms with Gasteiger partial charge in [0.15, 0.2) is 0 Å². The molecule has 286 valence electrons. The molecule has 61 heavy (non-hydrogen) atoms. The molecule has 0 radical (unpaired) electrons. The number of anilines is 3. The first-order valence-electron chi connectivity index (χ1n) is 20.7. The van der Waals surface area contributed by atoms with Crippen LogP contribution in [0.5, 0.6) is 0 Å². The molecule has 12 aromatic rings. The topological polar surface area (TPSA) is 16.4 Å². The highest BCUT2D eigenvalue weighted by Gasteiger charge is 2.21. The number of furan rings is 1. The number of rotatable bonds is 7. The number of fused-ring (bicyclic) bond motifs is 7. The quantitative estimate of drug-likeness (QED) is 0.160. The normalized spacial score (nSPS) is 11.6. The zero-order valence-electron chi connectivity index (χ0n) is 33.1. The first-order chi connectivity index (χ1) is 30.2. The van der Waals surface area contributed by atoms with Gasteiger partial charge in [-0.25, -0.2) is 0 Å². The summed E-state index contributed by atoms with van der Waals surface area (Å²) >= 11 is 1.86. The number of hydrogen-bond acceptors (Lipinski definition) is 3. The van der Waals surface area contributed by atoms with Crippen LogP contribution in [0.2, 0.25) is 0 Å². The zero-order chi connectivity index (χ0) is 40.3. The Kier molecular flexibility index (Phi) is 8.39. The van der Waals surface area contributed by atoms with Gasteiger partial charge in [-0.2, -0.15) is 0 Å². The average molecular weight is 796 g/mol. The monoisotopic (exact) mass is 795 g/mol. The third kappa shape index (κ3) is 6.01. The van der Waals surface area contributed by atoms with Crippen LogP contribution in [0.3, 0.4) is 0 Å². The first kappa shape index (κ1) is 35.2. The zero-order valence-corrected chi connectivity index (χ0v) is 33.9. The van der Waals surface area contributed by atoms with Crippen LogP contribution in [0.4, 0.5) is 17.1 Å². The summed E-state index contributed by atoms with van der Waals surface area (Å²) in [7, 11) is 0. The minimum atomic E-state index is 0.892. The first-order valence-corrected chi connectivity index (χ1v) is 21.6. The lowest BCUT2D eigenvalue weighted by molar-refractivity contribution is 0.670. The lowest BCUT2D eigenvalue weighted by Crippen LogP contribution is -2.11. The molecule has 2 nitrogen and oxygen atoms in total. The highest BCUT2D eigenvalue weighted by atomic mass is 32.1. The molecule has 0 spiro atoms. The van der Waals surface area contributed by atoms with Gasteiger partial charge in [-0.1, -0.05) is 176 Å². The van der Waals surface area contributed by atoms with Crippen molar-refractivity contribution < 1.29 is 4.42 Å². The predicted molar refractivity (Wildman–Crippen MR) is 261 cm³/mol. The average Bonchev–Trinajstić information content (AvgIpc) is 3.90. The Morgan fingerprint density at radius 2 is 0.885 bits per heavy atom. The summed E-state index contributed by atoms with van der Waals surface area (Å²) in [5.74, 6) is 0. The van der Waals surface area contributed by atoms with Crippen LogP contribution in [-0.4, -0.2) is 0 Å². The number of benzene rings is 10. The van der Waals surface area contributed by atoms with E-state index in [2.05, 4.69) is 223 Å². The Labute approximate surface area is 357 Å². The molecule has 2 heterocycles. The van der Waals surface area contributed by atoms with E-state index in [4.69, 9.17) is 4.42 Å². The van der Waals surface area contributed by atoms with E-state index < -0.39 is 0 Å². The Morgan fingerprint density at radius 3 is 1.72 bits per heavy atom. The number of para-hydroxylation sites is 3. The maximum atomic E-state index is 6.62. The maximum absolute atomic E-state index is 6.62. The minimum absolute atomic E-state index is 0.892. The Bertz CT molecular complexity index is 3590. The van der Waals surface area contributed by atoms with E-state index in [0.717, 1.165) is 50.1 Å². The predicted octanol–water partition coefficient (Wildman–Crippen LogP) is 17.2. The van der Waals surface area contributed by atoms with E-state index in [0.29, 0.717) is 0 Å². The molecule has 0 bridgehead atoms. The summed E-state index contributed by atoms with van der Waals surface area (Å²) < 4.78 is 9.25. The lowest BCUT2D eigenvalue weighted by atomic mass is 9.91. The van der Waals surface area contributed by atoms with E-state index in [9.17, 15) is 0 Å². The summed E-state index contributed by atoms with van der Waals surface area (Å²) in [5.41, 5.74) is 14.4. The summed E-state index contributed by atoms with van der Waals surface area (Å²) in [6.45, 7) is 0. The van der Waals surface area contributed by atoms with Gasteiger partial charge in [0.2, 0.25) is 0 Å². The fourth-order valence-electron chi connectivity index (χ4n) is 9.21. The van der Waals surface area contributed by atoms with Crippen molar-refractivity contribution in [1.82, 2.24) is 0 Å². The maximum Gasteiger partial charge on any atom is 0.143 e. The lowest BCUT2D eigenvalue weighted by Gasteiger charge is -2.28. The van der Waals surface area contributed by atoms with E-state index in [1.54, 1.807) is 0 Å². The fraction of sp³-hybridized carbons (Fsp3) is 0.